The van der Waals surface area contributed by atoms with Crippen LogP contribution in [0.4, 0.5) is 20.8 Å². The number of aliphatic hydroxyl groups is 1. The fourth-order valence-electron chi connectivity index (χ4n) is 15.1. The van der Waals surface area contributed by atoms with Crippen molar-refractivity contribution in [2.45, 2.75) is 161 Å². The van der Waals surface area contributed by atoms with Crippen molar-refractivity contribution in [3.05, 3.63) is 102 Å². The van der Waals surface area contributed by atoms with E-state index in [0.29, 0.717) is 78.8 Å². The third-order valence-corrected chi connectivity index (χ3v) is 19.9. The van der Waals surface area contributed by atoms with Crippen LogP contribution in [0.5, 0.6) is 11.8 Å². The molecule has 6 saturated heterocycles. The molecule has 13 rings (SSSR count). The number of carbonyl (C=O) groups excluding carboxylic acids is 3. The van der Waals surface area contributed by atoms with E-state index in [9.17, 15) is 19.5 Å². The SMILES string of the molecule is CCc1cccc2cc(OC3CCCCO3)cc(-c3ncc4c(N5CC6CCC(C5)N6C(=O)OC(C)(C)C)nc(OCCN5CCC(CC6CN(c7cc([C@H](C(=O)N8C[C@H](O)C[C@H]8C(=O)N[C@@H](C)c8ccc(-c9ccnn9C)cc8)C(C)C)on7)C6)CC5)nc4c3F)c12. The third-order valence-electron chi connectivity index (χ3n) is 19.9. The smallest absolute Gasteiger partial charge is 0.410 e. The summed E-state index contributed by atoms with van der Waals surface area (Å²) in [5.74, 6) is 1.31. The van der Waals surface area contributed by atoms with Gasteiger partial charge in [0.05, 0.1) is 41.9 Å². The molecule has 21 nitrogen and oxygen atoms in total. The van der Waals surface area contributed by atoms with E-state index in [4.69, 9.17) is 38.4 Å². The van der Waals surface area contributed by atoms with E-state index in [1.54, 1.807) is 12.4 Å². The molecule has 3 unspecified atom stereocenters. The number of ether oxygens (including phenoxy) is 4. The van der Waals surface area contributed by atoms with Gasteiger partial charge in [-0.3, -0.25) is 29.1 Å². The lowest BCUT2D eigenvalue weighted by molar-refractivity contribution is -0.141. The van der Waals surface area contributed by atoms with E-state index < -0.39 is 35.8 Å². The fraction of sp³-hybridized carbons (Fsp3) is 0.549. The normalized spacial score (nSPS) is 22.2. The van der Waals surface area contributed by atoms with Gasteiger partial charge in [0.1, 0.15) is 46.9 Å². The maximum atomic E-state index is 17.9. The highest BCUT2D eigenvalue weighted by Gasteiger charge is 2.47. The molecule has 6 aliphatic rings. The molecule has 494 valence electrons. The number of hydrogen-bond donors (Lipinski definition) is 2. The molecule has 22 heteroatoms. The molecule has 93 heavy (non-hydrogen) atoms. The van der Waals surface area contributed by atoms with Crippen LogP contribution in [0.1, 0.15) is 135 Å². The van der Waals surface area contributed by atoms with Crippen LogP contribution in [0.3, 0.4) is 0 Å². The predicted molar refractivity (Wildman–Crippen MR) is 351 cm³/mol. The van der Waals surface area contributed by atoms with Gasteiger partial charge in [-0.2, -0.15) is 15.1 Å². The number of anilines is 2. The van der Waals surface area contributed by atoms with Crippen molar-refractivity contribution in [2.75, 3.05) is 75.4 Å². The van der Waals surface area contributed by atoms with Gasteiger partial charge in [0.15, 0.2) is 23.7 Å². The Morgan fingerprint density at radius 2 is 1.66 bits per heavy atom. The monoisotopic (exact) mass is 1270 g/mol. The van der Waals surface area contributed by atoms with Crippen LogP contribution in [-0.4, -0.2) is 169 Å². The van der Waals surface area contributed by atoms with Gasteiger partial charge < -0.3 is 48.6 Å². The predicted octanol–water partition coefficient (Wildman–Crippen LogP) is 10.6. The average molecular weight is 1270 g/mol. The highest BCUT2D eigenvalue weighted by Crippen LogP contribution is 2.42. The molecule has 7 aromatic rings. The molecule has 10 heterocycles. The highest BCUT2D eigenvalue weighted by atomic mass is 19.1. The number of fused-ring (bicyclic) bond motifs is 4. The molecule has 0 saturated carbocycles. The number of rotatable bonds is 19. The summed E-state index contributed by atoms with van der Waals surface area (Å²) < 4.78 is 50.4. The number of nitrogens with zero attached hydrogens (tertiary/aromatic N) is 11. The Balaban J connectivity index is 0.638. The van der Waals surface area contributed by atoms with E-state index in [1.165, 1.54) is 4.90 Å². The Morgan fingerprint density at radius 1 is 0.882 bits per heavy atom. The first-order valence-electron chi connectivity index (χ1n) is 33.7. The summed E-state index contributed by atoms with van der Waals surface area (Å²) in [4.78, 5) is 66.9. The van der Waals surface area contributed by atoms with Gasteiger partial charge in [-0.15, -0.1) is 0 Å². The largest absolute Gasteiger partial charge is 0.465 e. The number of hydrogen-bond acceptors (Lipinski definition) is 17. The van der Waals surface area contributed by atoms with Gasteiger partial charge in [-0.05, 0) is 156 Å². The Morgan fingerprint density at radius 3 is 2.35 bits per heavy atom. The quantitative estimate of drug-likeness (QED) is 0.0769. The van der Waals surface area contributed by atoms with Crippen LogP contribution in [0.2, 0.25) is 0 Å². The van der Waals surface area contributed by atoms with Gasteiger partial charge in [0.25, 0.3) is 0 Å². The number of aryl methyl sites for hydroxylation is 2. The first-order chi connectivity index (χ1) is 44.8. The Labute approximate surface area is 543 Å². The van der Waals surface area contributed by atoms with Crippen LogP contribution in [0.25, 0.3) is 44.2 Å². The molecule has 3 aromatic carbocycles. The molecule has 4 aromatic heterocycles. The minimum atomic E-state index is -0.832. The summed E-state index contributed by atoms with van der Waals surface area (Å²) in [6.45, 7) is 19.7. The molecule has 2 bridgehead atoms. The second-order valence-corrected chi connectivity index (χ2v) is 28.0. The van der Waals surface area contributed by atoms with Gasteiger partial charge in [0, 0.05) is 83.2 Å². The van der Waals surface area contributed by atoms with Crippen molar-refractivity contribution in [2.24, 2.45) is 24.8 Å². The Bertz CT molecular complexity index is 3820. The standard InChI is InChI=1S/C71H89FN12O9/c1-9-46-13-12-14-49-32-53(91-60-15-10-11-29-89-60)34-54(62(46)49)64-63(72)65-55(36-73-64)66(82-39-50-20-21-51(40-82)84(50)70(88)92-71(5,6)7)77-69(76-65)90-30-28-80-26-23-44(24-27-80)31-45-37-81(38-45)59-35-58(93-78-59)61(42(2)3)68(87)83-41-52(85)33-57(83)67(86)75-43(4)47-16-18-48(19-17-47)56-22-25-74-79(56)8/h12-14,16-19,22,25,32,34-36,42-45,50-52,57,60-61,85H,9-11,15,20-21,23-24,26-31,33,37-41H2,1-8H3,(H,75,86)/t43-,50?,51?,52+,57-,60?,61+/m0/s1. The summed E-state index contributed by atoms with van der Waals surface area (Å²) in [5.41, 5.74) is 4.23. The second-order valence-electron chi connectivity index (χ2n) is 28.0. The van der Waals surface area contributed by atoms with Gasteiger partial charge in [-0.1, -0.05) is 68.4 Å². The molecule has 0 spiro atoms. The summed E-state index contributed by atoms with van der Waals surface area (Å²) in [7, 11) is 1.90. The Kier molecular flexibility index (Phi) is 18.4. The third kappa shape index (κ3) is 13.6. The number of nitrogens with one attached hydrogen (secondary N) is 1. The van der Waals surface area contributed by atoms with Crippen molar-refractivity contribution < 1.29 is 47.4 Å². The lowest BCUT2D eigenvalue weighted by Gasteiger charge is -2.42. The zero-order valence-corrected chi connectivity index (χ0v) is 54.9. The van der Waals surface area contributed by atoms with Crippen molar-refractivity contribution in [1.82, 2.24) is 49.9 Å². The maximum Gasteiger partial charge on any atom is 0.410 e. The summed E-state index contributed by atoms with van der Waals surface area (Å²) >= 11 is 0. The number of benzene rings is 3. The van der Waals surface area contributed by atoms with Crippen molar-refractivity contribution in [1.29, 1.82) is 0 Å². The number of likely N-dealkylation sites (tertiary alicyclic amines) is 2. The number of aliphatic hydroxyl groups excluding tert-OH is 1. The maximum absolute atomic E-state index is 17.9. The zero-order valence-electron chi connectivity index (χ0n) is 54.9. The van der Waals surface area contributed by atoms with Crippen LogP contribution < -0.4 is 24.6 Å². The van der Waals surface area contributed by atoms with Crippen molar-refractivity contribution in [3.63, 3.8) is 0 Å². The van der Waals surface area contributed by atoms with E-state index in [1.807, 2.05) is 119 Å². The molecule has 6 aliphatic heterocycles. The number of amides is 3. The minimum Gasteiger partial charge on any atom is -0.465 e. The van der Waals surface area contributed by atoms with Gasteiger partial charge >= 0.3 is 12.1 Å². The number of carbonyl (C=O) groups is 3. The average Bonchev–Trinajstić information content (AvgIpc) is 1.43. The topological polar surface area (TPSA) is 219 Å². The first kappa shape index (κ1) is 63.8. The summed E-state index contributed by atoms with van der Waals surface area (Å²) in [6, 6.07) is 20.5. The fourth-order valence-corrected chi connectivity index (χ4v) is 15.1. The number of pyridine rings is 1. The Hall–Kier alpha value is -7.95. The molecule has 6 fully saturated rings. The van der Waals surface area contributed by atoms with E-state index >= 15 is 4.39 Å². The van der Waals surface area contributed by atoms with E-state index in [-0.39, 0.29) is 72.1 Å². The molecular formula is C71H89FN12O9. The van der Waals surface area contributed by atoms with Crippen molar-refractivity contribution in [3.8, 4) is 34.3 Å². The lowest BCUT2D eigenvalue weighted by Crippen LogP contribution is -2.57. The van der Waals surface area contributed by atoms with E-state index in [2.05, 4.69) is 43.3 Å². The van der Waals surface area contributed by atoms with Crippen LogP contribution in [-0.2, 0) is 32.5 Å². The lowest BCUT2D eigenvalue weighted by atomic mass is 9.83. The minimum absolute atomic E-state index is 0.0574. The highest BCUT2D eigenvalue weighted by molar-refractivity contribution is 6.02. The summed E-state index contributed by atoms with van der Waals surface area (Å²) in [5, 5.41) is 25.0. The van der Waals surface area contributed by atoms with Crippen LogP contribution >= 0.6 is 0 Å². The van der Waals surface area contributed by atoms with E-state index in [0.717, 1.165) is 117 Å². The number of halogens is 1. The number of piperazine rings is 1. The number of aromatic nitrogens is 6. The summed E-state index contributed by atoms with van der Waals surface area (Å²) in [6.07, 6.45) is 10.4. The number of piperidine rings is 1. The van der Waals surface area contributed by atoms with Gasteiger partial charge in [-0.25, -0.2) is 9.18 Å². The molecule has 2 N–H and O–H groups in total. The first-order valence-corrected chi connectivity index (χ1v) is 33.7. The van der Waals surface area contributed by atoms with Gasteiger partial charge in [0.2, 0.25) is 11.8 Å². The van der Waals surface area contributed by atoms with Crippen LogP contribution in [0, 0.1) is 23.6 Å². The number of β-amino-alcohol motifs (C(OH)–C–C–N with tert-alkyl or cyclic N) is 1. The second kappa shape index (κ2) is 26.8. The molecule has 3 amide bonds. The molecule has 0 radical (unpaired) electrons. The molecule has 7 atom stereocenters. The molecule has 0 aliphatic carbocycles. The zero-order chi connectivity index (χ0) is 64.8. The van der Waals surface area contributed by atoms with Crippen molar-refractivity contribution >= 4 is 51.2 Å². The van der Waals surface area contributed by atoms with Crippen LogP contribution in [0.15, 0.2) is 83.6 Å². The molecular weight excluding hydrogens is 1180 g/mol.